The molecule has 19 heavy (non-hydrogen) atoms. The molecule has 0 amide bonds. The molecule has 1 unspecified atom stereocenters. The molecule has 1 rings (SSSR count). The van der Waals surface area contributed by atoms with Crippen molar-refractivity contribution in [3.8, 4) is 5.75 Å². The first-order chi connectivity index (χ1) is 8.95. The summed E-state index contributed by atoms with van der Waals surface area (Å²) in [4.78, 5) is 11.5. The van der Waals surface area contributed by atoms with Crippen molar-refractivity contribution < 1.29 is 9.66 Å². The van der Waals surface area contributed by atoms with Crippen LogP contribution in [0.3, 0.4) is 0 Å². The smallest absolute Gasteiger partial charge is 0.324 e. The molecule has 1 atom stereocenters. The molecule has 4 nitrogen and oxygen atoms in total. The molecule has 1 aromatic rings. The summed E-state index contributed by atoms with van der Waals surface area (Å²) in [6, 6.07) is 5.16. The number of halogens is 1. The lowest BCUT2D eigenvalue weighted by Gasteiger charge is -2.12. The maximum absolute atomic E-state index is 11.2. The maximum atomic E-state index is 11.2. The molecule has 0 saturated carbocycles. The third kappa shape index (κ3) is 4.91. The number of alkyl halides is 1. The van der Waals surface area contributed by atoms with Crippen LogP contribution in [-0.2, 0) is 0 Å². The number of rotatable bonds is 7. The summed E-state index contributed by atoms with van der Waals surface area (Å²) >= 11 is 7.19. The van der Waals surface area contributed by atoms with Crippen LogP contribution in [0.1, 0.15) is 20.8 Å². The van der Waals surface area contributed by atoms with Gasteiger partial charge in [0, 0.05) is 11.6 Å². The molecular formula is C13H18ClNO3S. The molecule has 0 heterocycles. The first-order valence-corrected chi connectivity index (χ1v) is 7.60. The number of thioether (sulfide) groups is 1. The van der Waals surface area contributed by atoms with Gasteiger partial charge in [0.2, 0.25) is 0 Å². The lowest BCUT2D eigenvalue weighted by Crippen LogP contribution is -2.08. The Morgan fingerprint density at radius 2 is 2.11 bits per heavy atom. The van der Waals surface area contributed by atoms with E-state index >= 15 is 0 Å². The zero-order chi connectivity index (χ0) is 14.4. The van der Waals surface area contributed by atoms with Gasteiger partial charge in [-0.25, -0.2) is 0 Å². The monoisotopic (exact) mass is 303 g/mol. The van der Waals surface area contributed by atoms with Gasteiger partial charge in [0.25, 0.3) is 0 Å². The van der Waals surface area contributed by atoms with Crippen LogP contribution >= 0.6 is 23.4 Å². The van der Waals surface area contributed by atoms with E-state index < -0.39 is 0 Å². The first kappa shape index (κ1) is 16.1. The summed E-state index contributed by atoms with van der Waals surface area (Å²) in [7, 11) is 0. The molecule has 0 N–H and O–H groups in total. The van der Waals surface area contributed by atoms with Gasteiger partial charge >= 0.3 is 5.69 Å². The molecule has 106 valence electrons. The quantitative estimate of drug-likeness (QED) is 0.325. The second-order valence-corrected chi connectivity index (χ2v) is 5.97. The third-order valence-corrected chi connectivity index (χ3v) is 4.20. The van der Waals surface area contributed by atoms with Crippen molar-refractivity contribution in [1.29, 1.82) is 0 Å². The van der Waals surface area contributed by atoms with E-state index in [4.69, 9.17) is 16.3 Å². The SMILES string of the molecule is CC(CCl)CSc1cccc(OC(C)C)c1[N+](=O)[O-]. The summed E-state index contributed by atoms with van der Waals surface area (Å²) in [5, 5.41) is 11.2. The largest absolute Gasteiger partial charge is 0.484 e. The number of nitro groups is 1. The highest BCUT2D eigenvalue weighted by atomic mass is 35.5. The zero-order valence-corrected chi connectivity index (χ0v) is 12.8. The third-order valence-electron chi connectivity index (χ3n) is 2.29. The Balaban J connectivity index is 2.99. The Bertz CT molecular complexity index is 440. The summed E-state index contributed by atoms with van der Waals surface area (Å²) in [6.45, 7) is 5.71. The Morgan fingerprint density at radius 3 is 2.63 bits per heavy atom. The van der Waals surface area contributed by atoms with Gasteiger partial charge in [0.15, 0.2) is 5.75 Å². The molecule has 0 spiro atoms. The summed E-state index contributed by atoms with van der Waals surface area (Å²) in [5.41, 5.74) is 0.0444. The highest BCUT2D eigenvalue weighted by molar-refractivity contribution is 7.99. The van der Waals surface area contributed by atoms with Crippen molar-refractivity contribution in [2.45, 2.75) is 31.8 Å². The molecule has 0 aliphatic carbocycles. The van der Waals surface area contributed by atoms with E-state index in [0.717, 1.165) is 5.75 Å². The summed E-state index contributed by atoms with van der Waals surface area (Å²) in [6.07, 6.45) is -0.0966. The number of hydrogen-bond donors (Lipinski definition) is 0. The van der Waals surface area contributed by atoms with E-state index in [1.807, 2.05) is 20.8 Å². The summed E-state index contributed by atoms with van der Waals surface area (Å²) in [5.74, 6) is 1.92. The molecule has 6 heteroatoms. The Kier molecular flexibility index (Phi) is 6.45. The fourth-order valence-electron chi connectivity index (χ4n) is 1.42. The number of benzene rings is 1. The molecular weight excluding hydrogens is 286 g/mol. The maximum Gasteiger partial charge on any atom is 0.324 e. The lowest BCUT2D eigenvalue weighted by molar-refractivity contribution is -0.388. The molecule has 0 bridgehead atoms. The van der Waals surface area contributed by atoms with Gasteiger partial charge in [0.05, 0.1) is 15.9 Å². The van der Waals surface area contributed by atoms with Crippen molar-refractivity contribution in [3.63, 3.8) is 0 Å². The van der Waals surface area contributed by atoms with E-state index in [1.165, 1.54) is 11.8 Å². The van der Waals surface area contributed by atoms with Gasteiger partial charge in [-0.1, -0.05) is 13.0 Å². The Morgan fingerprint density at radius 1 is 1.42 bits per heavy atom. The van der Waals surface area contributed by atoms with Crippen molar-refractivity contribution in [2.24, 2.45) is 5.92 Å². The highest BCUT2D eigenvalue weighted by Crippen LogP contribution is 2.38. The van der Waals surface area contributed by atoms with Crippen molar-refractivity contribution in [2.75, 3.05) is 11.6 Å². The topological polar surface area (TPSA) is 52.4 Å². The van der Waals surface area contributed by atoms with E-state index in [9.17, 15) is 10.1 Å². The number of ether oxygens (including phenoxy) is 1. The van der Waals surface area contributed by atoms with Crippen LogP contribution < -0.4 is 4.74 Å². The van der Waals surface area contributed by atoms with Gasteiger partial charge in [0.1, 0.15) is 0 Å². The van der Waals surface area contributed by atoms with Gasteiger partial charge in [-0.15, -0.1) is 23.4 Å². The first-order valence-electron chi connectivity index (χ1n) is 6.08. The van der Waals surface area contributed by atoms with Crippen molar-refractivity contribution in [3.05, 3.63) is 28.3 Å². The van der Waals surface area contributed by atoms with Crippen molar-refractivity contribution in [1.82, 2.24) is 0 Å². The Hall–Kier alpha value is -0.940. The van der Waals surface area contributed by atoms with Crippen LogP contribution in [0.2, 0.25) is 0 Å². The normalized spacial score (nSPS) is 12.5. The zero-order valence-electron chi connectivity index (χ0n) is 11.3. The van der Waals surface area contributed by atoms with Crippen LogP contribution in [0.5, 0.6) is 5.75 Å². The van der Waals surface area contributed by atoms with E-state index in [1.54, 1.807) is 18.2 Å². The highest BCUT2D eigenvalue weighted by Gasteiger charge is 2.22. The van der Waals surface area contributed by atoms with Crippen molar-refractivity contribution >= 4 is 29.1 Å². The number of nitro benzene ring substituents is 1. The molecule has 0 fully saturated rings. The molecule has 0 saturated heterocycles. The fraction of sp³-hybridized carbons (Fsp3) is 0.538. The van der Waals surface area contributed by atoms with Gasteiger partial charge in [-0.3, -0.25) is 10.1 Å². The second-order valence-electron chi connectivity index (χ2n) is 4.60. The van der Waals surface area contributed by atoms with Crippen LogP contribution in [-0.4, -0.2) is 22.7 Å². The molecule has 0 aliphatic heterocycles. The van der Waals surface area contributed by atoms with Crippen LogP contribution in [0.4, 0.5) is 5.69 Å². The number of hydrogen-bond acceptors (Lipinski definition) is 4. The lowest BCUT2D eigenvalue weighted by atomic mass is 10.3. The van der Waals surface area contributed by atoms with Gasteiger partial charge in [-0.05, 0) is 31.9 Å². The van der Waals surface area contributed by atoms with E-state index in [2.05, 4.69) is 0 Å². The predicted octanol–water partition coefficient (Wildman–Crippen LogP) is 4.35. The van der Waals surface area contributed by atoms with Crippen LogP contribution in [0, 0.1) is 16.0 Å². The second kappa shape index (κ2) is 7.60. The molecule has 0 aromatic heterocycles. The minimum atomic E-state index is -0.384. The molecule has 1 aromatic carbocycles. The molecule has 0 aliphatic rings. The summed E-state index contributed by atoms with van der Waals surface area (Å²) < 4.78 is 5.50. The average molecular weight is 304 g/mol. The van der Waals surface area contributed by atoms with Crippen LogP contribution in [0.15, 0.2) is 23.1 Å². The van der Waals surface area contributed by atoms with E-state index in [0.29, 0.717) is 22.4 Å². The number of para-hydroxylation sites is 1. The van der Waals surface area contributed by atoms with E-state index in [-0.39, 0.29) is 16.7 Å². The average Bonchev–Trinajstić information content (AvgIpc) is 2.34. The van der Waals surface area contributed by atoms with Gasteiger partial charge < -0.3 is 4.74 Å². The van der Waals surface area contributed by atoms with Gasteiger partial charge in [-0.2, -0.15) is 0 Å². The molecule has 0 radical (unpaired) electrons. The Labute approximate surface area is 122 Å². The minimum Gasteiger partial charge on any atom is -0.484 e. The fourth-order valence-corrected chi connectivity index (χ4v) is 2.73. The minimum absolute atomic E-state index is 0.0444. The standard InChI is InChI=1S/C13H18ClNO3S/c1-9(2)18-11-5-4-6-12(13(11)15(16)17)19-8-10(3)7-14/h4-6,9-10H,7-8H2,1-3H3. The number of nitrogens with zero attached hydrogens (tertiary/aromatic N) is 1. The van der Waals surface area contributed by atoms with Crippen LogP contribution in [0.25, 0.3) is 0 Å². The predicted molar refractivity (Wildman–Crippen MR) is 79.5 cm³/mol.